The fourth-order valence-electron chi connectivity index (χ4n) is 2.77. The van der Waals surface area contributed by atoms with E-state index in [1.165, 1.54) is 23.9 Å². The standard InChI is InChI=1S/C23H28ClFN2O2S/c1-16(2)12-26-23(29)17(3)27(13-18-8-10-20(25)11-9-18)22(28)15-30-14-19-6-4-5-7-21(19)24/h4-11,16-17H,12-15H2,1-3H3,(H,26,29)/t17-/m1/s1. The predicted octanol–water partition coefficient (Wildman–Crippen LogP) is 4.90. The van der Waals surface area contributed by atoms with Crippen molar-refractivity contribution in [1.29, 1.82) is 0 Å². The van der Waals surface area contributed by atoms with Crippen LogP contribution < -0.4 is 5.32 Å². The molecule has 0 aromatic heterocycles. The number of hydrogen-bond donors (Lipinski definition) is 1. The maximum Gasteiger partial charge on any atom is 0.242 e. The van der Waals surface area contributed by atoms with E-state index < -0.39 is 6.04 Å². The zero-order valence-corrected chi connectivity index (χ0v) is 19.1. The fourth-order valence-corrected chi connectivity index (χ4v) is 3.96. The molecule has 162 valence electrons. The van der Waals surface area contributed by atoms with E-state index in [9.17, 15) is 14.0 Å². The van der Waals surface area contributed by atoms with Crippen LogP contribution in [0.1, 0.15) is 31.9 Å². The highest BCUT2D eigenvalue weighted by molar-refractivity contribution is 7.99. The summed E-state index contributed by atoms with van der Waals surface area (Å²) >= 11 is 7.63. The van der Waals surface area contributed by atoms with Crippen LogP contribution >= 0.6 is 23.4 Å². The second-order valence-electron chi connectivity index (χ2n) is 7.55. The summed E-state index contributed by atoms with van der Waals surface area (Å²) in [5.74, 6) is 0.444. The van der Waals surface area contributed by atoms with Gasteiger partial charge in [-0.3, -0.25) is 9.59 Å². The van der Waals surface area contributed by atoms with E-state index in [0.717, 1.165) is 11.1 Å². The number of nitrogens with zero attached hydrogens (tertiary/aromatic N) is 1. The molecule has 0 radical (unpaired) electrons. The van der Waals surface area contributed by atoms with Crippen LogP contribution in [-0.4, -0.2) is 35.1 Å². The van der Waals surface area contributed by atoms with E-state index in [1.54, 1.807) is 24.0 Å². The second-order valence-corrected chi connectivity index (χ2v) is 8.94. The molecule has 0 saturated heterocycles. The van der Waals surface area contributed by atoms with E-state index in [0.29, 0.717) is 23.2 Å². The molecule has 0 saturated carbocycles. The molecule has 0 heterocycles. The number of amides is 2. The Morgan fingerprint density at radius 1 is 1.10 bits per heavy atom. The van der Waals surface area contributed by atoms with Crippen LogP contribution in [0, 0.1) is 11.7 Å². The molecule has 30 heavy (non-hydrogen) atoms. The number of benzene rings is 2. The van der Waals surface area contributed by atoms with Crippen LogP contribution in [0.4, 0.5) is 4.39 Å². The molecular weight excluding hydrogens is 423 g/mol. The molecule has 0 spiro atoms. The SMILES string of the molecule is CC(C)CNC(=O)[C@@H](C)N(Cc1ccc(F)cc1)C(=O)CSCc1ccccc1Cl. The molecule has 2 aromatic rings. The molecule has 7 heteroatoms. The van der Waals surface area contributed by atoms with Gasteiger partial charge in [-0.05, 0) is 42.2 Å². The molecule has 0 bridgehead atoms. The smallest absolute Gasteiger partial charge is 0.242 e. The Morgan fingerprint density at radius 2 is 1.77 bits per heavy atom. The number of halogens is 2. The fraction of sp³-hybridized carbons (Fsp3) is 0.391. The minimum atomic E-state index is -0.637. The minimum Gasteiger partial charge on any atom is -0.354 e. The highest BCUT2D eigenvalue weighted by atomic mass is 35.5. The van der Waals surface area contributed by atoms with Crippen LogP contribution in [0.25, 0.3) is 0 Å². The molecule has 1 atom stereocenters. The number of thioether (sulfide) groups is 1. The van der Waals surface area contributed by atoms with Gasteiger partial charge in [0.15, 0.2) is 0 Å². The first-order chi connectivity index (χ1) is 14.3. The first-order valence-electron chi connectivity index (χ1n) is 9.90. The van der Waals surface area contributed by atoms with Crippen LogP contribution in [0.3, 0.4) is 0 Å². The minimum absolute atomic E-state index is 0.149. The lowest BCUT2D eigenvalue weighted by Gasteiger charge is -2.29. The van der Waals surface area contributed by atoms with Crippen LogP contribution in [-0.2, 0) is 21.9 Å². The number of hydrogen-bond acceptors (Lipinski definition) is 3. The normalized spacial score (nSPS) is 11.9. The number of nitrogens with one attached hydrogen (secondary N) is 1. The van der Waals surface area contributed by atoms with Crippen LogP contribution in [0.15, 0.2) is 48.5 Å². The zero-order chi connectivity index (χ0) is 22.1. The lowest BCUT2D eigenvalue weighted by Crippen LogP contribution is -2.48. The molecule has 0 aliphatic rings. The third kappa shape index (κ3) is 7.65. The van der Waals surface area contributed by atoms with Gasteiger partial charge in [0.1, 0.15) is 11.9 Å². The van der Waals surface area contributed by atoms with E-state index in [-0.39, 0.29) is 29.9 Å². The lowest BCUT2D eigenvalue weighted by molar-refractivity contribution is -0.138. The average Bonchev–Trinajstić information content (AvgIpc) is 2.72. The Kier molecular flexibility index (Phi) is 9.66. The van der Waals surface area contributed by atoms with Crippen LogP contribution in [0.2, 0.25) is 5.02 Å². The summed E-state index contributed by atoms with van der Waals surface area (Å²) < 4.78 is 13.2. The summed E-state index contributed by atoms with van der Waals surface area (Å²) in [7, 11) is 0. The van der Waals surface area contributed by atoms with Gasteiger partial charge in [0, 0.05) is 23.9 Å². The monoisotopic (exact) mass is 450 g/mol. The predicted molar refractivity (Wildman–Crippen MR) is 122 cm³/mol. The number of carbonyl (C=O) groups is 2. The molecule has 0 aliphatic carbocycles. The van der Waals surface area contributed by atoms with Gasteiger partial charge in [0.2, 0.25) is 11.8 Å². The van der Waals surface area contributed by atoms with Crippen molar-refractivity contribution in [2.24, 2.45) is 5.92 Å². The van der Waals surface area contributed by atoms with Crippen molar-refractivity contribution in [3.05, 3.63) is 70.5 Å². The van der Waals surface area contributed by atoms with Gasteiger partial charge in [0.05, 0.1) is 5.75 Å². The molecule has 2 aromatic carbocycles. The Morgan fingerprint density at radius 3 is 2.40 bits per heavy atom. The quantitative estimate of drug-likeness (QED) is 0.560. The molecule has 2 amide bonds. The van der Waals surface area contributed by atoms with Gasteiger partial charge in [0.25, 0.3) is 0 Å². The maximum absolute atomic E-state index is 13.2. The van der Waals surface area contributed by atoms with Crippen molar-refractivity contribution in [3.8, 4) is 0 Å². The number of carbonyl (C=O) groups excluding carboxylic acids is 2. The molecule has 1 N–H and O–H groups in total. The zero-order valence-electron chi connectivity index (χ0n) is 17.5. The van der Waals surface area contributed by atoms with Gasteiger partial charge in [-0.2, -0.15) is 0 Å². The van der Waals surface area contributed by atoms with Gasteiger partial charge >= 0.3 is 0 Å². The Hall–Kier alpha value is -2.05. The average molecular weight is 451 g/mol. The van der Waals surface area contributed by atoms with Crippen LogP contribution in [0.5, 0.6) is 0 Å². The van der Waals surface area contributed by atoms with E-state index in [2.05, 4.69) is 5.32 Å². The van der Waals surface area contributed by atoms with Crippen molar-refractivity contribution >= 4 is 35.2 Å². The van der Waals surface area contributed by atoms with Crippen molar-refractivity contribution < 1.29 is 14.0 Å². The highest BCUT2D eigenvalue weighted by Gasteiger charge is 2.26. The van der Waals surface area contributed by atoms with E-state index in [1.807, 2.05) is 38.1 Å². The van der Waals surface area contributed by atoms with Crippen molar-refractivity contribution in [1.82, 2.24) is 10.2 Å². The Balaban J connectivity index is 2.06. The third-order valence-electron chi connectivity index (χ3n) is 4.56. The lowest BCUT2D eigenvalue weighted by atomic mass is 10.1. The molecule has 0 fully saturated rings. The second kappa shape index (κ2) is 12.0. The summed E-state index contributed by atoms with van der Waals surface area (Å²) in [6.45, 7) is 6.52. The number of rotatable bonds is 10. The first kappa shape index (κ1) is 24.2. The van der Waals surface area contributed by atoms with Gasteiger partial charge in [-0.15, -0.1) is 11.8 Å². The summed E-state index contributed by atoms with van der Waals surface area (Å²) in [6, 6.07) is 12.9. The largest absolute Gasteiger partial charge is 0.354 e. The van der Waals surface area contributed by atoms with Crippen molar-refractivity contribution in [2.45, 2.75) is 39.1 Å². The molecule has 2 rings (SSSR count). The van der Waals surface area contributed by atoms with Crippen molar-refractivity contribution in [3.63, 3.8) is 0 Å². The molecule has 0 unspecified atom stereocenters. The highest BCUT2D eigenvalue weighted by Crippen LogP contribution is 2.21. The maximum atomic E-state index is 13.2. The summed E-state index contributed by atoms with van der Waals surface area (Å²) in [5, 5.41) is 3.55. The van der Waals surface area contributed by atoms with Crippen molar-refractivity contribution in [2.75, 3.05) is 12.3 Å². The molecule has 4 nitrogen and oxygen atoms in total. The molecular formula is C23H28ClFN2O2S. The van der Waals surface area contributed by atoms with E-state index in [4.69, 9.17) is 11.6 Å². The summed E-state index contributed by atoms with van der Waals surface area (Å²) in [4.78, 5) is 27.1. The van der Waals surface area contributed by atoms with Gasteiger partial charge in [-0.25, -0.2) is 4.39 Å². The van der Waals surface area contributed by atoms with E-state index >= 15 is 0 Å². The third-order valence-corrected chi connectivity index (χ3v) is 5.89. The summed E-state index contributed by atoms with van der Waals surface area (Å²) in [6.07, 6.45) is 0. The Labute approximate surface area is 187 Å². The van der Waals surface area contributed by atoms with Gasteiger partial charge in [-0.1, -0.05) is 55.8 Å². The Bertz CT molecular complexity index is 845. The topological polar surface area (TPSA) is 49.4 Å². The summed E-state index contributed by atoms with van der Waals surface area (Å²) in [5.41, 5.74) is 1.73. The molecule has 0 aliphatic heterocycles. The van der Waals surface area contributed by atoms with Gasteiger partial charge < -0.3 is 10.2 Å². The first-order valence-corrected chi connectivity index (χ1v) is 11.4.